The largest absolute Gasteiger partial charge is 1.00 e. The van der Waals surface area contributed by atoms with Gasteiger partial charge in [-0.3, -0.25) is 4.18 Å². The first-order valence-corrected chi connectivity index (χ1v) is 16.6. The fourth-order valence-electron chi connectivity index (χ4n) is 4.69. The molecule has 36 heavy (non-hydrogen) atoms. The summed E-state index contributed by atoms with van der Waals surface area (Å²) in [7, 11) is -4.61. The first-order chi connectivity index (χ1) is 17.0. The van der Waals surface area contributed by atoms with Crippen LogP contribution in [0.2, 0.25) is 0 Å². The number of hydrogen-bond donors (Lipinski definition) is 0. The van der Waals surface area contributed by atoms with Crippen LogP contribution in [0.15, 0.2) is 12.2 Å². The molecule has 0 rings (SSSR count). The van der Waals surface area contributed by atoms with Crippen LogP contribution in [-0.4, -0.2) is 19.6 Å². The molecule has 0 saturated heterocycles. The van der Waals surface area contributed by atoms with E-state index in [2.05, 4.69) is 30.2 Å². The summed E-state index contributed by atoms with van der Waals surface area (Å²) in [6.07, 6.45) is 35.2. The maximum Gasteiger partial charge on any atom is 1.00 e. The second kappa shape index (κ2) is 30.2. The number of unbranched alkanes of at least 4 members (excludes halogenated alkanes) is 21. The molecule has 1 atom stereocenters. The third kappa shape index (κ3) is 32.6. The van der Waals surface area contributed by atoms with E-state index in [9.17, 15) is 13.0 Å². The molecule has 0 heterocycles. The molecule has 0 saturated carbocycles. The van der Waals surface area contributed by atoms with Gasteiger partial charge in [0, 0.05) is 5.92 Å². The molecular weight excluding hydrogens is 479 g/mol. The molecule has 0 aliphatic carbocycles. The maximum absolute atomic E-state index is 10.9. The van der Waals surface area contributed by atoms with Gasteiger partial charge in [-0.25, -0.2) is 8.42 Å². The molecule has 1 unspecified atom stereocenters. The normalized spacial score (nSPS) is 12.8. The van der Waals surface area contributed by atoms with Crippen molar-refractivity contribution in [2.24, 2.45) is 5.92 Å². The number of allylic oxidation sites excluding steroid dienone is 1. The van der Waals surface area contributed by atoms with Crippen molar-refractivity contribution in [2.75, 3.05) is 6.61 Å². The maximum atomic E-state index is 10.9. The standard InChI is InChI=1S/C30H60O4S.Na/c1-3-5-7-9-11-13-14-15-16-17-18-20-22-24-26-28-30(29-34-35(31,32)33)27-25-23-21-19-12-10-8-6-4-2;/h25,27,30H,3-24,26,28-29H2,1-2H3,(H,31,32,33);/q;+1/p-1/b27-25+;. The van der Waals surface area contributed by atoms with Gasteiger partial charge in [0.25, 0.3) is 0 Å². The summed E-state index contributed by atoms with van der Waals surface area (Å²) in [6, 6.07) is 0. The van der Waals surface area contributed by atoms with E-state index in [0.717, 1.165) is 19.3 Å². The van der Waals surface area contributed by atoms with Gasteiger partial charge in [-0.05, 0) is 19.3 Å². The fourth-order valence-corrected chi connectivity index (χ4v) is 5.03. The van der Waals surface area contributed by atoms with Gasteiger partial charge in [0.05, 0.1) is 6.61 Å². The van der Waals surface area contributed by atoms with Crippen molar-refractivity contribution < 1.29 is 46.7 Å². The van der Waals surface area contributed by atoms with E-state index in [1.165, 1.54) is 135 Å². The molecule has 0 bridgehead atoms. The van der Waals surface area contributed by atoms with E-state index in [1.807, 2.05) is 0 Å². The second-order valence-corrected chi connectivity index (χ2v) is 11.6. The van der Waals surface area contributed by atoms with Gasteiger partial charge < -0.3 is 4.55 Å². The van der Waals surface area contributed by atoms with Crippen LogP contribution in [-0.2, 0) is 14.6 Å². The molecule has 0 fully saturated rings. The minimum absolute atomic E-state index is 0. The van der Waals surface area contributed by atoms with Crippen molar-refractivity contribution in [2.45, 2.75) is 168 Å². The van der Waals surface area contributed by atoms with Crippen LogP contribution < -0.4 is 29.6 Å². The first-order valence-electron chi connectivity index (χ1n) is 15.3. The average Bonchev–Trinajstić information content (AvgIpc) is 2.82. The first kappa shape index (κ1) is 38.8. The Morgan fingerprint density at radius 3 is 1.36 bits per heavy atom. The van der Waals surface area contributed by atoms with Crippen molar-refractivity contribution in [3.63, 3.8) is 0 Å². The fraction of sp³-hybridized carbons (Fsp3) is 0.933. The molecule has 0 N–H and O–H groups in total. The van der Waals surface area contributed by atoms with Gasteiger partial charge in [0.1, 0.15) is 0 Å². The molecule has 210 valence electrons. The second-order valence-electron chi connectivity index (χ2n) is 10.5. The van der Waals surface area contributed by atoms with Gasteiger partial charge in [-0.2, -0.15) is 0 Å². The predicted molar refractivity (Wildman–Crippen MR) is 150 cm³/mol. The zero-order chi connectivity index (χ0) is 25.9. The predicted octanol–water partition coefficient (Wildman–Crippen LogP) is 7.04. The van der Waals surface area contributed by atoms with Crippen molar-refractivity contribution in [3.8, 4) is 0 Å². The summed E-state index contributed by atoms with van der Waals surface area (Å²) in [5.74, 6) is 0.0188. The Morgan fingerprint density at radius 1 is 0.611 bits per heavy atom. The molecule has 0 aromatic carbocycles. The van der Waals surface area contributed by atoms with Crippen LogP contribution in [0.1, 0.15) is 168 Å². The van der Waals surface area contributed by atoms with Crippen molar-refractivity contribution in [3.05, 3.63) is 12.2 Å². The average molecular weight is 539 g/mol. The Balaban J connectivity index is 0. The summed E-state index contributed by atoms with van der Waals surface area (Å²) in [6.45, 7) is 4.49. The summed E-state index contributed by atoms with van der Waals surface area (Å²) in [4.78, 5) is 0. The molecule has 0 aromatic rings. The van der Waals surface area contributed by atoms with Crippen molar-refractivity contribution >= 4 is 10.4 Å². The van der Waals surface area contributed by atoms with Crippen LogP contribution in [0.25, 0.3) is 0 Å². The smallest absolute Gasteiger partial charge is 0.726 e. The van der Waals surface area contributed by atoms with Crippen molar-refractivity contribution in [1.29, 1.82) is 0 Å². The van der Waals surface area contributed by atoms with Crippen molar-refractivity contribution in [1.82, 2.24) is 0 Å². The minimum atomic E-state index is -4.61. The third-order valence-corrected chi connectivity index (χ3v) is 7.41. The van der Waals surface area contributed by atoms with Crippen LogP contribution in [0, 0.1) is 5.92 Å². The van der Waals surface area contributed by atoms with E-state index in [-0.39, 0.29) is 42.1 Å². The van der Waals surface area contributed by atoms with Crippen LogP contribution in [0.3, 0.4) is 0 Å². The SMILES string of the molecule is CCCCCCCCC/C=C/C(CCCCCCCCCCCCCCCCC)COS(=O)(=O)[O-].[Na+]. The third-order valence-electron chi connectivity index (χ3n) is 6.99. The van der Waals surface area contributed by atoms with Gasteiger partial charge in [0.2, 0.25) is 10.4 Å². The summed E-state index contributed by atoms with van der Waals surface area (Å²) < 4.78 is 37.2. The van der Waals surface area contributed by atoms with Gasteiger partial charge in [0.15, 0.2) is 0 Å². The Kier molecular flexibility index (Phi) is 32.5. The zero-order valence-electron chi connectivity index (χ0n) is 24.5. The Hall–Kier alpha value is 0.610. The molecular formula is C30H59NaO4S. The Morgan fingerprint density at radius 2 is 0.972 bits per heavy atom. The van der Waals surface area contributed by atoms with E-state index in [0.29, 0.717) is 0 Å². The van der Waals surface area contributed by atoms with E-state index < -0.39 is 10.4 Å². The van der Waals surface area contributed by atoms with E-state index in [4.69, 9.17) is 0 Å². The molecule has 0 aliphatic heterocycles. The summed E-state index contributed by atoms with van der Waals surface area (Å²) in [5.41, 5.74) is 0. The van der Waals surface area contributed by atoms with Crippen LogP contribution in [0.5, 0.6) is 0 Å². The number of hydrogen-bond acceptors (Lipinski definition) is 4. The molecule has 0 radical (unpaired) electrons. The monoisotopic (exact) mass is 538 g/mol. The Labute approximate surface area is 248 Å². The topological polar surface area (TPSA) is 66.4 Å². The summed E-state index contributed by atoms with van der Waals surface area (Å²) >= 11 is 0. The zero-order valence-corrected chi connectivity index (χ0v) is 27.3. The minimum Gasteiger partial charge on any atom is -0.726 e. The number of rotatable bonds is 28. The molecule has 0 amide bonds. The van der Waals surface area contributed by atoms with Crippen LogP contribution in [0.4, 0.5) is 0 Å². The van der Waals surface area contributed by atoms with E-state index in [1.54, 1.807) is 0 Å². The van der Waals surface area contributed by atoms with E-state index >= 15 is 0 Å². The molecule has 0 aromatic heterocycles. The van der Waals surface area contributed by atoms with Gasteiger partial charge >= 0.3 is 29.6 Å². The quantitative estimate of drug-likeness (QED) is 0.0352. The Bertz CT molecular complexity index is 551. The molecule has 0 spiro atoms. The van der Waals surface area contributed by atoms with Crippen LogP contribution >= 0.6 is 0 Å². The molecule has 0 aliphatic rings. The van der Waals surface area contributed by atoms with Gasteiger partial charge in [-0.15, -0.1) is 0 Å². The summed E-state index contributed by atoms with van der Waals surface area (Å²) in [5, 5.41) is 0. The molecule has 4 nitrogen and oxygen atoms in total. The molecule has 6 heteroatoms. The van der Waals surface area contributed by atoms with Gasteiger partial charge in [-0.1, -0.05) is 161 Å².